The highest BCUT2D eigenvalue weighted by Crippen LogP contribution is 2.20. The van der Waals surface area contributed by atoms with Crippen molar-refractivity contribution in [3.05, 3.63) is 42.0 Å². The second-order valence-electron chi connectivity index (χ2n) is 8.76. The van der Waals surface area contributed by atoms with Gasteiger partial charge in [-0.05, 0) is 42.7 Å². The zero-order valence-corrected chi connectivity index (χ0v) is 19.6. The minimum absolute atomic E-state index is 0.127. The van der Waals surface area contributed by atoms with Gasteiger partial charge >= 0.3 is 5.97 Å². The van der Waals surface area contributed by atoms with Gasteiger partial charge in [0, 0.05) is 12.1 Å². The van der Waals surface area contributed by atoms with E-state index < -0.39 is 6.04 Å². The Kier molecular flexibility index (Phi) is 11.8. The molecule has 0 aromatic heterocycles. The minimum Gasteiger partial charge on any atom is -0.462 e. The maximum absolute atomic E-state index is 12.2. The number of rotatable bonds is 15. The van der Waals surface area contributed by atoms with Gasteiger partial charge in [-0.2, -0.15) is 0 Å². The summed E-state index contributed by atoms with van der Waals surface area (Å²) in [7, 11) is 0. The van der Waals surface area contributed by atoms with Crippen molar-refractivity contribution in [3.63, 3.8) is 0 Å². The van der Waals surface area contributed by atoms with Crippen molar-refractivity contribution in [2.24, 2.45) is 0 Å². The number of hydrogen-bond acceptors (Lipinski definition) is 5. The number of benzene rings is 1. The maximum Gasteiger partial charge on any atom is 0.338 e. The number of esters is 1. The van der Waals surface area contributed by atoms with E-state index in [1.807, 2.05) is 0 Å². The predicted molar refractivity (Wildman–Crippen MR) is 129 cm³/mol. The molecule has 1 aromatic carbocycles. The molecule has 0 radical (unpaired) electrons. The topological polar surface area (TPSA) is 72.5 Å². The third kappa shape index (κ3) is 8.97. The number of carbonyl (C=O) groups is 3. The molecule has 1 aliphatic rings. The third-order valence-electron chi connectivity index (χ3n) is 6.02. The van der Waals surface area contributed by atoms with Gasteiger partial charge in [0.15, 0.2) is 11.6 Å². The number of hydrogen-bond donors (Lipinski definition) is 1. The molecule has 0 bridgehead atoms. The molecule has 1 N–H and O–H groups in total. The van der Waals surface area contributed by atoms with Crippen molar-refractivity contribution in [2.45, 2.75) is 96.4 Å². The van der Waals surface area contributed by atoms with Crippen molar-refractivity contribution < 1.29 is 19.1 Å². The summed E-state index contributed by atoms with van der Waals surface area (Å²) < 4.78 is 5.37. The fourth-order valence-electron chi connectivity index (χ4n) is 3.92. The molecule has 1 atom stereocenters. The molecule has 1 unspecified atom stereocenters. The van der Waals surface area contributed by atoms with E-state index in [0.29, 0.717) is 36.3 Å². The smallest absolute Gasteiger partial charge is 0.338 e. The summed E-state index contributed by atoms with van der Waals surface area (Å²) in [5.74, 6) is -0.726. The average Bonchev–Trinajstić information content (AvgIpc) is 2.80. The van der Waals surface area contributed by atoms with Gasteiger partial charge < -0.3 is 10.1 Å². The van der Waals surface area contributed by atoms with Crippen LogP contribution in [-0.2, 0) is 14.3 Å². The van der Waals surface area contributed by atoms with E-state index in [9.17, 15) is 14.4 Å². The SMILES string of the molecule is C=C1CCC(=O)C(Nc2ccc(C(=O)OCCCCCCCCCCCCC)cc2)C1=O. The molecule has 1 fully saturated rings. The molecule has 0 heterocycles. The summed E-state index contributed by atoms with van der Waals surface area (Å²) in [6, 6.07) is 5.80. The molecule has 0 spiro atoms. The number of unbranched alkanes of at least 4 members (excludes halogenated alkanes) is 10. The fraction of sp³-hybridized carbons (Fsp3) is 0.593. The zero-order valence-electron chi connectivity index (χ0n) is 19.6. The molecule has 1 aliphatic carbocycles. The third-order valence-corrected chi connectivity index (χ3v) is 6.02. The minimum atomic E-state index is -0.880. The highest BCUT2D eigenvalue weighted by Gasteiger charge is 2.32. The largest absolute Gasteiger partial charge is 0.462 e. The average molecular weight is 442 g/mol. The highest BCUT2D eigenvalue weighted by molar-refractivity contribution is 6.17. The normalized spacial score (nSPS) is 16.3. The van der Waals surface area contributed by atoms with Crippen LogP contribution in [0.3, 0.4) is 0 Å². The quantitative estimate of drug-likeness (QED) is 0.147. The van der Waals surface area contributed by atoms with Crippen molar-refractivity contribution in [1.82, 2.24) is 0 Å². The van der Waals surface area contributed by atoms with Crippen molar-refractivity contribution in [1.29, 1.82) is 0 Å². The molecule has 0 amide bonds. The number of anilines is 1. The van der Waals surface area contributed by atoms with E-state index in [4.69, 9.17) is 4.74 Å². The standard InChI is InChI=1S/C27H39NO4/c1-3-4-5-6-7-8-9-10-11-12-13-20-32-27(31)22-15-17-23(18-16-22)28-25-24(29)19-14-21(2)26(25)30/h15-18,25,28H,2-14,19-20H2,1H3. The molecule has 1 saturated carbocycles. The molecular weight excluding hydrogens is 402 g/mol. The van der Waals surface area contributed by atoms with Crippen LogP contribution in [0.1, 0.15) is 101 Å². The van der Waals surface area contributed by atoms with Crippen molar-refractivity contribution >= 4 is 23.2 Å². The molecular formula is C27H39NO4. The van der Waals surface area contributed by atoms with Crippen molar-refractivity contribution in [3.8, 4) is 0 Å². The molecule has 5 nitrogen and oxygen atoms in total. The molecule has 5 heteroatoms. The summed E-state index contributed by atoms with van der Waals surface area (Å²) in [5, 5.41) is 2.96. The molecule has 0 saturated heterocycles. The van der Waals surface area contributed by atoms with Crippen LogP contribution in [0.4, 0.5) is 5.69 Å². The van der Waals surface area contributed by atoms with Gasteiger partial charge in [0.2, 0.25) is 0 Å². The lowest BCUT2D eigenvalue weighted by molar-refractivity contribution is -0.128. The molecule has 2 rings (SSSR count). The first kappa shape index (κ1) is 25.8. The lowest BCUT2D eigenvalue weighted by Gasteiger charge is -2.23. The second-order valence-corrected chi connectivity index (χ2v) is 8.76. The van der Waals surface area contributed by atoms with Gasteiger partial charge in [-0.3, -0.25) is 9.59 Å². The van der Waals surface area contributed by atoms with Crippen LogP contribution in [0.5, 0.6) is 0 Å². The second kappa shape index (κ2) is 14.6. The highest BCUT2D eigenvalue weighted by atomic mass is 16.5. The van der Waals surface area contributed by atoms with Gasteiger partial charge in [-0.15, -0.1) is 0 Å². The van der Waals surface area contributed by atoms with Crippen molar-refractivity contribution in [2.75, 3.05) is 11.9 Å². The lowest BCUT2D eigenvalue weighted by Crippen LogP contribution is -2.41. The number of nitrogens with one attached hydrogen (secondary N) is 1. The van der Waals surface area contributed by atoms with E-state index >= 15 is 0 Å². The Morgan fingerprint density at radius 1 is 0.906 bits per heavy atom. The van der Waals surface area contributed by atoms with Gasteiger partial charge in [0.25, 0.3) is 0 Å². The number of ketones is 2. The predicted octanol–water partition coefficient (Wildman–Crippen LogP) is 6.42. The number of carbonyl (C=O) groups excluding carboxylic acids is 3. The van der Waals surface area contributed by atoms with E-state index in [1.165, 1.54) is 57.8 Å². The lowest BCUT2D eigenvalue weighted by atomic mass is 9.89. The Morgan fingerprint density at radius 2 is 1.47 bits per heavy atom. The van der Waals surface area contributed by atoms with Gasteiger partial charge in [-0.25, -0.2) is 4.79 Å². The molecule has 0 aliphatic heterocycles. The number of ether oxygens (including phenoxy) is 1. The first-order valence-corrected chi connectivity index (χ1v) is 12.3. The van der Waals surface area contributed by atoms with E-state index in [0.717, 1.165) is 12.8 Å². The Hall–Kier alpha value is -2.43. The molecule has 32 heavy (non-hydrogen) atoms. The summed E-state index contributed by atoms with van der Waals surface area (Å²) >= 11 is 0. The Labute approximate surface area is 193 Å². The van der Waals surface area contributed by atoms with Gasteiger partial charge in [0.05, 0.1) is 12.2 Å². The molecule has 176 valence electrons. The molecule has 1 aromatic rings. The van der Waals surface area contributed by atoms with E-state index in [1.54, 1.807) is 24.3 Å². The Balaban J connectivity index is 1.58. The van der Waals surface area contributed by atoms with Crippen LogP contribution in [0.2, 0.25) is 0 Å². The van der Waals surface area contributed by atoms with E-state index in [-0.39, 0.29) is 17.5 Å². The van der Waals surface area contributed by atoms with Crippen LogP contribution in [-0.4, -0.2) is 30.2 Å². The van der Waals surface area contributed by atoms with Crippen LogP contribution < -0.4 is 5.32 Å². The Bertz CT molecular complexity index is 753. The first-order chi connectivity index (χ1) is 15.5. The first-order valence-electron chi connectivity index (χ1n) is 12.3. The maximum atomic E-state index is 12.2. The van der Waals surface area contributed by atoms with Crippen LogP contribution in [0.15, 0.2) is 36.4 Å². The summed E-state index contributed by atoms with van der Waals surface area (Å²) in [4.78, 5) is 36.4. The van der Waals surface area contributed by atoms with Crippen LogP contribution in [0, 0.1) is 0 Å². The zero-order chi connectivity index (χ0) is 23.2. The van der Waals surface area contributed by atoms with Crippen LogP contribution in [0.25, 0.3) is 0 Å². The summed E-state index contributed by atoms with van der Waals surface area (Å²) in [5.41, 5.74) is 1.56. The fourth-order valence-corrected chi connectivity index (χ4v) is 3.92. The summed E-state index contributed by atoms with van der Waals surface area (Å²) in [6.07, 6.45) is 14.6. The monoisotopic (exact) mass is 441 g/mol. The Morgan fingerprint density at radius 3 is 2.06 bits per heavy atom. The number of Topliss-reactive ketones (excluding diaryl/α,β-unsaturated/α-hetero) is 2. The van der Waals surface area contributed by atoms with Gasteiger partial charge in [-0.1, -0.05) is 77.7 Å². The van der Waals surface area contributed by atoms with Crippen LogP contribution >= 0.6 is 0 Å². The van der Waals surface area contributed by atoms with E-state index in [2.05, 4.69) is 18.8 Å². The van der Waals surface area contributed by atoms with Gasteiger partial charge in [0.1, 0.15) is 6.04 Å². The summed E-state index contributed by atoms with van der Waals surface area (Å²) in [6.45, 7) is 6.41.